The lowest BCUT2D eigenvalue weighted by atomic mass is 10.0. The second-order valence-corrected chi connectivity index (χ2v) is 4.93. The Bertz CT molecular complexity index is 851. The second kappa shape index (κ2) is 5.77. The Balaban J connectivity index is 2.10. The van der Waals surface area contributed by atoms with Crippen molar-refractivity contribution in [1.29, 1.82) is 0 Å². The normalized spacial score (nSPS) is 10.4. The molecule has 0 spiro atoms. The largest absolute Gasteiger partial charge is 0.508 e. The average Bonchev–Trinajstić information content (AvgIpc) is 2.55. The lowest BCUT2D eigenvalue weighted by molar-refractivity contribution is 0.415. The molecule has 22 heavy (non-hydrogen) atoms. The maximum Gasteiger partial charge on any atom is 0.249 e. The molecule has 4 heteroatoms. The quantitative estimate of drug-likeness (QED) is 0.777. The van der Waals surface area contributed by atoms with Gasteiger partial charge in [0.25, 0.3) is 0 Å². The highest BCUT2D eigenvalue weighted by molar-refractivity contribution is 5.71. The first-order valence-corrected chi connectivity index (χ1v) is 6.84. The molecule has 110 valence electrons. The van der Waals surface area contributed by atoms with Crippen LogP contribution in [0, 0.1) is 0 Å². The van der Waals surface area contributed by atoms with Gasteiger partial charge >= 0.3 is 0 Å². The Morgan fingerprint density at radius 2 is 1.68 bits per heavy atom. The zero-order chi connectivity index (χ0) is 15.5. The maximum absolute atomic E-state index is 11.9. The van der Waals surface area contributed by atoms with Crippen molar-refractivity contribution in [3.05, 3.63) is 71.0 Å². The number of aromatic amines is 1. The van der Waals surface area contributed by atoms with E-state index in [2.05, 4.69) is 4.98 Å². The van der Waals surface area contributed by atoms with E-state index in [4.69, 9.17) is 4.74 Å². The molecule has 0 aliphatic heterocycles. The van der Waals surface area contributed by atoms with Gasteiger partial charge in [0.15, 0.2) is 0 Å². The molecule has 0 unspecified atom stereocenters. The Hall–Kier alpha value is -3.01. The molecule has 0 radical (unpaired) electrons. The number of phenolic OH excluding ortho intramolecular Hbond substituents is 1. The average molecular weight is 293 g/mol. The standard InChI is InChI=1S/C18H15NO3/c1-22-16-4-2-3-13(9-16)17-10-14(11-18(21)19-17)12-5-7-15(20)8-6-12/h2-11,20H,1H3,(H,19,21). The number of benzene rings is 2. The summed E-state index contributed by atoms with van der Waals surface area (Å²) < 4.78 is 5.21. The van der Waals surface area contributed by atoms with Crippen LogP contribution >= 0.6 is 0 Å². The molecule has 2 N–H and O–H groups in total. The van der Waals surface area contributed by atoms with Gasteiger partial charge in [-0.25, -0.2) is 0 Å². The number of methoxy groups -OCH3 is 1. The molecule has 0 amide bonds. The number of aromatic nitrogens is 1. The minimum Gasteiger partial charge on any atom is -0.508 e. The van der Waals surface area contributed by atoms with Gasteiger partial charge in [0.1, 0.15) is 11.5 Å². The van der Waals surface area contributed by atoms with Crippen LogP contribution in [0.3, 0.4) is 0 Å². The number of nitrogens with one attached hydrogen (secondary N) is 1. The summed E-state index contributed by atoms with van der Waals surface area (Å²) in [6.45, 7) is 0. The predicted molar refractivity (Wildman–Crippen MR) is 86.2 cm³/mol. The van der Waals surface area contributed by atoms with Gasteiger partial charge < -0.3 is 14.8 Å². The van der Waals surface area contributed by atoms with Crippen molar-refractivity contribution in [1.82, 2.24) is 4.98 Å². The first-order valence-electron chi connectivity index (χ1n) is 6.84. The molecular weight excluding hydrogens is 278 g/mol. The minimum atomic E-state index is -0.177. The number of rotatable bonds is 3. The summed E-state index contributed by atoms with van der Waals surface area (Å²) in [4.78, 5) is 14.8. The van der Waals surface area contributed by atoms with Gasteiger partial charge in [-0.2, -0.15) is 0 Å². The van der Waals surface area contributed by atoms with Gasteiger partial charge in [0, 0.05) is 17.3 Å². The van der Waals surface area contributed by atoms with E-state index in [9.17, 15) is 9.90 Å². The number of hydrogen-bond donors (Lipinski definition) is 2. The van der Waals surface area contributed by atoms with Crippen LogP contribution in [0.15, 0.2) is 65.5 Å². The maximum atomic E-state index is 11.9. The zero-order valence-electron chi connectivity index (χ0n) is 12.0. The molecule has 4 nitrogen and oxygen atoms in total. The fourth-order valence-electron chi connectivity index (χ4n) is 2.31. The van der Waals surface area contributed by atoms with Crippen molar-refractivity contribution in [3.63, 3.8) is 0 Å². The Labute approximate surface area is 127 Å². The Kier molecular flexibility index (Phi) is 3.66. The molecule has 0 saturated heterocycles. The Morgan fingerprint density at radius 3 is 2.41 bits per heavy atom. The third-order valence-electron chi connectivity index (χ3n) is 3.43. The van der Waals surface area contributed by atoms with Crippen LogP contribution in [0.2, 0.25) is 0 Å². The van der Waals surface area contributed by atoms with Gasteiger partial charge in [-0.3, -0.25) is 4.79 Å². The second-order valence-electron chi connectivity index (χ2n) is 4.93. The molecular formula is C18H15NO3. The van der Waals surface area contributed by atoms with Crippen LogP contribution in [0.4, 0.5) is 0 Å². The SMILES string of the molecule is COc1cccc(-c2cc(-c3ccc(O)cc3)cc(=O)[nH]2)c1. The molecule has 0 saturated carbocycles. The Morgan fingerprint density at radius 1 is 0.909 bits per heavy atom. The van der Waals surface area contributed by atoms with Crippen molar-refractivity contribution < 1.29 is 9.84 Å². The van der Waals surface area contributed by atoms with E-state index >= 15 is 0 Å². The van der Waals surface area contributed by atoms with Gasteiger partial charge in [-0.1, -0.05) is 24.3 Å². The van der Waals surface area contributed by atoms with Crippen LogP contribution in [-0.4, -0.2) is 17.2 Å². The van der Waals surface area contributed by atoms with Crippen molar-refractivity contribution in [2.24, 2.45) is 0 Å². The van der Waals surface area contributed by atoms with Crippen LogP contribution in [0.5, 0.6) is 11.5 Å². The first-order chi connectivity index (χ1) is 10.7. The summed E-state index contributed by atoms with van der Waals surface area (Å²) in [7, 11) is 1.61. The van der Waals surface area contributed by atoms with Gasteiger partial charge in [-0.05, 0) is 41.5 Å². The molecule has 0 bridgehead atoms. The fourth-order valence-corrected chi connectivity index (χ4v) is 2.31. The monoisotopic (exact) mass is 293 g/mol. The van der Waals surface area contributed by atoms with Crippen molar-refractivity contribution in [2.45, 2.75) is 0 Å². The number of aromatic hydroxyl groups is 1. The lowest BCUT2D eigenvalue weighted by Gasteiger charge is -2.07. The number of pyridine rings is 1. The van der Waals surface area contributed by atoms with Gasteiger partial charge in [-0.15, -0.1) is 0 Å². The first kappa shape index (κ1) is 13.9. The van der Waals surface area contributed by atoms with E-state index in [-0.39, 0.29) is 11.3 Å². The van der Waals surface area contributed by atoms with Crippen LogP contribution in [-0.2, 0) is 0 Å². The van der Waals surface area contributed by atoms with Crippen molar-refractivity contribution in [3.8, 4) is 33.9 Å². The highest BCUT2D eigenvalue weighted by Gasteiger charge is 2.05. The predicted octanol–water partition coefficient (Wildman–Crippen LogP) is 3.42. The summed E-state index contributed by atoms with van der Waals surface area (Å²) in [5.74, 6) is 0.926. The summed E-state index contributed by atoms with van der Waals surface area (Å²) in [6.07, 6.45) is 0. The molecule has 1 heterocycles. The number of hydrogen-bond acceptors (Lipinski definition) is 3. The third kappa shape index (κ3) is 2.86. The highest BCUT2D eigenvalue weighted by Crippen LogP contribution is 2.26. The summed E-state index contributed by atoms with van der Waals surface area (Å²) >= 11 is 0. The van der Waals surface area contributed by atoms with E-state index in [1.54, 1.807) is 31.4 Å². The van der Waals surface area contributed by atoms with Crippen LogP contribution < -0.4 is 10.3 Å². The van der Waals surface area contributed by atoms with Crippen LogP contribution in [0.25, 0.3) is 22.4 Å². The van der Waals surface area contributed by atoms with Crippen LogP contribution in [0.1, 0.15) is 0 Å². The topological polar surface area (TPSA) is 62.3 Å². The molecule has 1 aromatic heterocycles. The number of H-pyrrole nitrogens is 1. The van der Waals surface area contributed by atoms with E-state index in [1.807, 2.05) is 30.3 Å². The molecule has 3 aromatic rings. The summed E-state index contributed by atoms with van der Waals surface area (Å²) in [5, 5.41) is 9.37. The van der Waals surface area contributed by atoms with E-state index in [0.29, 0.717) is 0 Å². The number of phenols is 1. The smallest absolute Gasteiger partial charge is 0.249 e. The number of ether oxygens (including phenoxy) is 1. The fraction of sp³-hybridized carbons (Fsp3) is 0.0556. The minimum absolute atomic E-state index is 0.177. The van der Waals surface area contributed by atoms with Gasteiger partial charge in [0.2, 0.25) is 5.56 Å². The van der Waals surface area contributed by atoms with Crippen molar-refractivity contribution in [2.75, 3.05) is 7.11 Å². The molecule has 0 atom stereocenters. The van der Waals surface area contributed by atoms with E-state index in [1.165, 1.54) is 6.07 Å². The van der Waals surface area contributed by atoms with Gasteiger partial charge in [0.05, 0.1) is 7.11 Å². The summed E-state index contributed by atoms with van der Waals surface area (Å²) in [6, 6.07) is 17.7. The molecule has 0 aliphatic rings. The zero-order valence-corrected chi connectivity index (χ0v) is 12.0. The molecule has 0 fully saturated rings. The lowest BCUT2D eigenvalue weighted by Crippen LogP contribution is -2.05. The molecule has 0 aliphatic carbocycles. The summed E-state index contributed by atoms with van der Waals surface area (Å²) in [5.41, 5.74) is 3.07. The highest BCUT2D eigenvalue weighted by atomic mass is 16.5. The third-order valence-corrected chi connectivity index (χ3v) is 3.43. The van der Waals surface area contributed by atoms with E-state index in [0.717, 1.165) is 28.1 Å². The molecule has 3 rings (SSSR count). The molecule has 2 aromatic carbocycles. The van der Waals surface area contributed by atoms with E-state index < -0.39 is 0 Å². The van der Waals surface area contributed by atoms with Crippen molar-refractivity contribution >= 4 is 0 Å².